The van der Waals surface area contributed by atoms with Crippen molar-refractivity contribution in [1.82, 2.24) is 19.4 Å². The molecule has 2 N–H and O–H groups in total. The second kappa shape index (κ2) is 8.31. The molecule has 158 valence electrons. The lowest BCUT2D eigenvalue weighted by Crippen LogP contribution is -2.44. The van der Waals surface area contributed by atoms with Crippen LogP contribution in [0.25, 0.3) is 11.0 Å². The van der Waals surface area contributed by atoms with Crippen molar-refractivity contribution in [2.24, 2.45) is 7.05 Å². The van der Waals surface area contributed by atoms with E-state index in [0.29, 0.717) is 35.1 Å². The SMILES string of the molecule is CCOC(=O)c1ccc([C@H]2C[C@@H](Nc3nc4cc[nH]c4c(=O)n3C)CN(C)C2)cc1. The van der Waals surface area contributed by atoms with Crippen LogP contribution in [0.5, 0.6) is 0 Å². The van der Waals surface area contributed by atoms with Gasteiger partial charge in [0.1, 0.15) is 5.52 Å². The number of nitrogens with one attached hydrogen (secondary N) is 2. The summed E-state index contributed by atoms with van der Waals surface area (Å²) < 4.78 is 6.62. The van der Waals surface area contributed by atoms with Crippen LogP contribution in [-0.2, 0) is 11.8 Å². The number of aromatic nitrogens is 3. The smallest absolute Gasteiger partial charge is 0.338 e. The molecule has 0 bridgehead atoms. The highest BCUT2D eigenvalue weighted by Crippen LogP contribution is 2.28. The van der Waals surface area contributed by atoms with Crippen LogP contribution in [0.15, 0.2) is 41.3 Å². The molecule has 0 aliphatic carbocycles. The van der Waals surface area contributed by atoms with Gasteiger partial charge < -0.3 is 19.9 Å². The minimum Gasteiger partial charge on any atom is -0.462 e. The monoisotopic (exact) mass is 409 g/mol. The van der Waals surface area contributed by atoms with Gasteiger partial charge in [-0.2, -0.15) is 0 Å². The molecular weight excluding hydrogens is 382 g/mol. The second-order valence-corrected chi connectivity index (χ2v) is 7.88. The summed E-state index contributed by atoms with van der Waals surface area (Å²) in [5.74, 6) is 0.589. The number of carbonyl (C=O) groups excluding carboxylic acids is 1. The van der Waals surface area contributed by atoms with Crippen LogP contribution < -0.4 is 10.9 Å². The molecule has 0 spiro atoms. The van der Waals surface area contributed by atoms with Crippen molar-refractivity contribution in [3.63, 3.8) is 0 Å². The van der Waals surface area contributed by atoms with E-state index in [2.05, 4.69) is 27.2 Å². The summed E-state index contributed by atoms with van der Waals surface area (Å²) in [6.45, 7) is 3.96. The van der Waals surface area contributed by atoms with Gasteiger partial charge in [0.15, 0.2) is 0 Å². The van der Waals surface area contributed by atoms with E-state index in [9.17, 15) is 9.59 Å². The Morgan fingerprint density at radius 2 is 2.00 bits per heavy atom. The Morgan fingerprint density at radius 1 is 1.23 bits per heavy atom. The largest absolute Gasteiger partial charge is 0.462 e. The van der Waals surface area contributed by atoms with Crippen LogP contribution in [0.1, 0.15) is 35.2 Å². The summed E-state index contributed by atoms with van der Waals surface area (Å²) in [5, 5.41) is 3.47. The number of likely N-dealkylation sites (tertiary alicyclic amines) is 1. The normalized spacial score (nSPS) is 19.7. The summed E-state index contributed by atoms with van der Waals surface area (Å²) in [4.78, 5) is 34.3. The van der Waals surface area contributed by atoms with E-state index in [4.69, 9.17) is 4.74 Å². The summed E-state index contributed by atoms with van der Waals surface area (Å²) in [7, 11) is 3.83. The summed E-state index contributed by atoms with van der Waals surface area (Å²) in [6.07, 6.45) is 2.64. The molecule has 2 atom stereocenters. The summed E-state index contributed by atoms with van der Waals surface area (Å²) in [5.41, 5.74) is 2.84. The number of anilines is 1. The van der Waals surface area contributed by atoms with E-state index in [1.54, 1.807) is 24.7 Å². The Bertz CT molecular complexity index is 1100. The average molecular weight is 409 g/mol. The standard InChI is InChI=1S/C22H27N5O3/c1-4-30-21(29)15-7-5-14(6-8-15)16-11-17(13-26(2)12-16)24-22-25-18-9-10-23-19(18)20(28)27(22)3/h5-10,16-17,23H,4,11-13H2,1-3H3,(H,24,25)/t16-,17+/m0/s1. The fourth-order valence-corrected chi connectivity index (χ4v) is 4.16. The number of aromatic amines is 1. The third kappa shape index (κ3) is 3.95. The van der Waals surface area contributed by atoms with Crippen LogP contribution in [0, 0.1) is 0 Å². The fraction of sp³-hybridized carbons (Fsp3) is 0.409. The molecule has 1 aliphatic rings. The molecule has 1 aromatic carbocycles. The lowest BCUT2D eigenvalue weighted by atomic mass is 9.88. The molecule has 8 heteroatoms. The molecule has 0 unspecified atom stereocenters. The van der Waals surface area contributed by atoms with Crippen LogP contribution in [-0.4, -0.2) is 58.2 Å². The number of nitrogens with zero attached hydrogens (tertiary/aromatic N) is 3. The number of hydrogen-bond donors (Lipinski definition) is 2. The Kier molecular flexibility index (Phi) is 5.59. The molecule has 1 aliphatic heterocycles. The quantitative estimate of drug-likeness (QED) is 0.629. The van der Waals surface area contributed by atoms with Gasteiger partial charge in [0, 0.05) is 32.4 Å². The number of piperidine rings is 1. The molecule has 3 aromatic rings. The van der Waals surface area contributed by atoms with Crippen molar-refractivity contribution >= 4 is 23.0 Å². The predicted octanol–water partition coefficient (Wildman–Crippen LogP) is 2.34. The first-order chi connectivity index (χ1) is 14.5. The highest BCUT2D eigenvalue weighted by molar-refractivity contribution is 5.89. The van der Waals surface area contributed by atoms with Crippen molar-refractivity contribution in [2.75, 3.05) is 32.1 Å². The Balaban J connectivity index is 1.52. The van der Waals surface area contributed by atoms with Gasteiger partial charge in [-0.1, -0.05) is 12.1 Å². The second-order valence-electron chi connectivity index (χ2n) is 7.88. The lowest BCUT2D eigenvalue weighted by Gasteiger charge is -2.36. The molecule has 2 aromatic heterocycles. The van der Waals surface area contributed by atoms with Gasteiger partial charge in [-0.05, 0) is 50.1 Å². The summed E-state index contributed by atoms with van der Waals surface area (Å²) >= 11 is 0. The predicted molar refractivity (Wildman–Crippen MR) is 116 cm³/mol. The number of likely N-dealkylation sites (N-methyl/N-ethyl adjacent to an activating group) is 1. The third-order valence-corrected chi connectivity index (χ3v) is 5.65. The van der Waals surface area contributed by atoms with Gasteiger partial charge in [0.25, 0.3) is 5.56 Å². The minimum absolute atomic E-state index is 0.0947. The molecule has 0 radical (unpaired) electrons. The van der Waals surface area contributed by atoms with Crippen LogP contribution >= 0.6 is 0 Å². The van der Waals surface area contributed by atoms with E-state index in [0.717, 1.165) is 19.5 Å². The average Bonchev–Trinajstić information content (AvgIpc) is 3.20. The Labute approximate surface area is 174 Å². The minimum atomic E-state index is -0.295. The number of ether oxygens (including phenoxy) is 1. The molecule has 1 saturated heterocycles. The van der Waals surface area contributed by atoms with Gasteiger partial charge in [-0.25, -0.2) is 9.78 Å². The van der Waals surface area contributed by atoms with Crippen molar-refractivity contribution in [3.8, 4) is 0 Å². The van der Waals surface area contributed by atoms with E-state index in [-0.39, 0.29) is 17.6 Å². The molecule has 8 nitrogen and oxygen atoms in total. The highest BCUT2D eigenvalue weighted by Gasteiger charge is 2.27. The first-order valence-electron chi connectivity index (χ1n) is 10.2. The molecule has 0 saturated carbocycles. The zero-order valence-electron chi connectivity index (χ0n) is 17.5. The van der Waals surface area contributed by atoms with Gasteiger partial charge >= 0.3 is 5.97 Å². The molecule has 3 heterocycles. The van der Waals surface area contributed by atoms with Crippen molar-refractivity contribution < 1.29 is 9.53 Å². The molecule has 1 fully saturated rings. The Hall–Kier alpha value is -3.13. The zero-order chi connectivity index (χ0) is 21.3. The molecule has 0 amide bonds. The zero-order valence-corrected chi connectivity index (χ0v) is 17.5. The van der Waals surface area contributed by atoms with Gasteiger partial charge in [-0.3, -0.25) is 9.36 Å². The number of fused-ring (bicyclic) bond motifs is 1. The fourth-order valence-electron chi connectivity index (χ4n) is 4.16. The van der Waals surface area contributed by atoms with Crippen LogP contribution in [0.4, 0.5) is 5.95 Å². The lowest BCUT2D eigenvalue weighted by molar-refractivity contribution is 0.0526. The van der Waals surface area contributed by atoms with Crippen molar-refractivity contribution in [1.29, 1.82) is 0 Å². The third-order valence-electron chi connectivity index (χ3n) is 5.65. The molecular formula is C22H27N5O3. The van der Waals surface area contributed by atoms with E-state index in [1.165, 1.54) is 5.56 Å². The van der Waals surface area contributed by atoms with Gasteiger partial charge in [0.05, 0.1) is 17.7 Å². The number of benzene rings is 1. The topological polar surface area (TPSA) is 92.2 Å². The maximum absolute atomic E-state index is 12.5. The molecule has 30 heavy (non-hydrogen) atoms. The van der Waals surface area contributed by atoms with E-state index in [1.807, 2.05) is 30.3 Å². The number of rotatable bonds is 5. The highest BCUT2D eigenvalue weighted by atomic mass is 16.5. The van der Waals surface area contributed by atoms with Gasteiger partial charge in [-0.15, -0.1) is 0 Å². The number of hydrogen-bond acceptors (Lipinski definition) is 6. The van der Waals surface area contributed by atoms with Crippen LogP contribution in [0.2, 0.25) is 0 Å². The van der Waals surface area contributed by atoms with E-state index >= 15 is 0 Å². The van der Waals surface area contributed by atoms with Crippen molar-refractivity contribution in [2.45, 2.75) is 25.3 Å². The molecule has 4 rings (SSSR count). The first kappa shape index (κ1) is 20.2. The number of carbonyl (C=O) groups is 1. The summed E-state index contributed by atoms with van der Waals surface area (Å²) in [6, 6.07) is 9.63. The maximum Gasteiger partial charge on any atom is 0.338 e. The van der Waals surface area contributed by atoms with E-state index < -0.39 is 0 Å². The van der Waals surface area contributed by atoms with Gasteiger partial charge in [0.2, 0.25) is 5.95 Å². The maximum atomic E-state index is 12.5. The first-order valence-corrected chi connectivity index (χ1v) is 10.2. The Morgan fingerprint density at radius 3 is 2.73 bits per heavy atom. The number of H-pyrrole nitrogens is 1. The number of esters is 1. The van der Waals surface area contributed by atoms with Crippen LogP contribution in [0.3, 0.4) is 0 Å². The van der Waals surface area contributed by atoms with Crippen molar-refractivity contribution in [3.05, 3.63) is 58.0 Å².